The fraction of sp³-hybridized carbons (Fsp3) is 0.933. The summed E-state index contributed by atoms with van der Waals surface area (Å²) in [5, 5.41) is 15.3. The number of guanidine groups is 1. The van der Waals surface area contributed by atoms with Gasteiger partial charge in [-0.25, -0.2) is 0 Å². The molecule has 1 aliphatic rings. The first-order valence-electron chi connectivity index (χ1n) is 7.97. The topological polar surface area (TPSA) is 65.9 Å². The molecule has 1 fully saturated rings. The summed E-state index contributed by atoms with van der Waals surface area (Å²) in [5.74, 6) is 0.809. The van der Waals surface area contributed by atoms with Crippen LogP contribution < -0.4 is 10.6 Å². The molecule has 1 rings (SSSR count). The van der Waals surface area contributed by atoms with Crippen molar-refractivity contribution in [2.24, 2.45) is 10.4 Å². The predicted molar refractivity (Wildman–Crippen MR) is 83.1 cm³/mol. The summed E-state index contributed by atoms with van der Waals surface area (Å²) in [7, 11) is 0. The summed E-state index contributed by atoms with van der Waals surface area (Å²) in [6, 6.07) is 0. The van der Waals surface area contributed by atoms with E-state index in [4.69, 9.17) is 14.8 Å². The standard InChI is InChI=1S/C15H31N3O2/c1-3-16-14(17-10-11-19)18-13-15(7-5-6-8-15)9-12-20-4-2/h19H,3-13H2,1-2H3,(H2,16,17,18). The lowest BCUT2D eigenvalue weighted by Crippen LogP contribution is -2.39. The van der Waals surface area contributed by atoms with Crippen molar-refractivity contribution in [1.29, 1.82) is 0 Å². The van der Waals surface area contributed by atoms with Gasteiger partial charge in [-0.15, -0.1) is 0 Å². The summed E-state index contributed by atoms with van der Waals surface area (Å²) in [6.45, 7) is 8.08. The van der Waals surface area contributed by atoms with Gasteiger partial charge in [0.2, 0.25) is 0 Å². The maximum absolute atomic E-state index is 8.90. The van der Waals surface area contributed by atoms with Crippen LogP contribution >= 0.6 is 0 Å². The first-order valence-corrected chi connectivity index (χ1v) is 7.97. The monoisotopic (exact) mass is 285 g/mol. The second-order valence-electron chi connectivity index (χ2n) is 5.50. The van der Waals surface area contributed by atoms with Gasteiger partial charge in [0.25, 0.3) is 0 Å². The van der Waals surface area contributed by atoms with Crippen LogP contribution in [0.3, 0.4) is 0 Å². The van der Waals surface area contributed by atoms with Gasteiger partial charge < -0.3 is 20.5 Å². The van der Waals surface area contributed by atoms with Crippen molar-refractivity contribution in [2.45, 2.75) is 46.0 Å². The molecule has 0 aliphatic heterocycles. The molecule has 0 aromatic rings. The van der Waals surface area contributed by atoms with E-state index in [1.807, 2.05) is 6.92 Å². The minimum absolute atomic E-state index is 0.125. The molecule has 3 N–H and O–H groups in total. The van der Waals surface area contributed by atoms with Gasteiger partial charge in [0, 0.05) is 32.8 Å². The minimum Gasteiger partial charge on any atom is -0.395 e. The Balaban J connectivity index is 2.53. The van der Waals surface area contributed by atoms with Crippen molar-refractivity contribution in [1.82, 2.24) is 10.6 Å². The average molecular weight is 285 g/mol. The van der Waals surface area contributed by atoms with Gasteiger partial charge >= 0.3 is 0 Å². The molecule has 0 spiro atoms. The van der Waals surface area contributed by atoms with Crippen LogP contribution in [0.2, 0.25) is 0 Å². The second-order valence-corrected chi connectivity index (χ2v) is 5.50. The first-order chi connectivity index (χ1) is 9.76. The molecule has 1 saturated carbocycles. The normalized spacial score (nSPS) is 18.2. The Bertz CT molecular complexity index is 276. The molecule has 0 radical (unpaired) electrons. The van der Waals surface area contributed by atoms with E-state index in [-0.39, 0.29) is 6.61 Å². The molecular formula is C15H31N3O2. The molecule has 0 aromatic heterocycles. The summed E-state index contributed by atoms with van der Waals surface area (Å²) >= 11 is 0. The Hall–Kier alpha value is -0.810. The van der Waals surface area contributed by atoms with Crippen molar-refractivity contribution in [3.8, 4) is 0 Å². The van der Waals surface area contributed by atoms with Crippen LogP contribution in [0.1, 0.15) is 46.0 Å². The Morgan fingerprint density at radius 2 is 2.00 bits per heavy atom. The third kappa shape index (κ3) is 6.09. The SMILES string of the molecule is CCNC(=NCC1(CCOCC)CCCC1)NCCO. The van der Waals surface area contributed by atoms with E-state index in [2.05, 4.69) is 17.6 Å². The molecular weight excluding hydrogens is 254 g/mol. The molecule has 0 heterocycles. The van der Waals surface area contributed by atoms with E-state index in [9.17, 15) is 0 Å². The van der Waals surface area contributed by atoms with Crippen LogP contribution in [0.25, 0.3) is 0 Å². The van der Waals surface area contributed by atoms with Gasteiger partial charge in [0.1, 0.15) is 0 Å². The summed E-state index contributed by atoms with van der Waals surface area (Å²) in [4.78, 5) is 4.71. The van der Waals surface area contributed by atoms with Gasteiger partial charge in [-0.05, 0) is 38.5 Å². The minimum atomic E-state index is 0.125. The molecule has 0 aromatic carbocycles. The summed E-state index contributed by atoms with van der Waals surface area (Å²) < 4.78 is 5.53. The molecule has 0 unspecified atom stereocenters. The molecule has 20 heavy (non-hydrogen) atoms. The molecule has 0 atom stereocenters. The predicted octanol–water partition coefficient (Wildman–Crippen LogP) is 1.52. The highest BCUT2D eigenvalue weighted by atomic mass is 16.5. The number of aliphatic hydroxyl groups is 1. The number of hydrogen-bond acceptors (Lipinski definition) is 3. The van der Waals surface area contributed by atoms with Crippen molar-refractivity contribution in [3.63, 3.8) is 0 Å². The lowest BCUT2D eigenvalue weighted by Gasteiger charge is -2.27. The van der Waals surface area contributed by atoms with Crippen LogP contribution in [0.4, 0.5) is 0 Å². The van der Waals surface area contributed by atoms with Crippen molar-refractivity contribution in [3.05, 3.63) is 0 Å². The molecule has 118 valence electrons. The zero-order valence-corrected chi connectivity index (χ0v) is 13.1. The zero-order valence-electron chi connectivity index (χ0n) is 13.1. The van der Waals surface area contributed by atoms with Crippen molar-refractivity contribution in [2.75, 3.05) is 39.5 Å². The fourth-order valence-electron chi connectivity index (χ4n) is 2.81. The van der Waals surface area contributed by atoms with E-state index in [1.165, 1.54) is 25.7 Å². The smallest absolute Gasteiger partial charge is 0.191 e. The number of aliphatic imine (C=N–C) groups is 1. The molecule has 5 heteroatoms. The van der Waals surface area contributed by atoms with Crippen LogP contribution in [-0.2, 0) is 4.74 Å². The zero-order chi connectivity index (χ0) is 14.7. The van der Waals surface area contributed by atoms with E-state index in [0.29, 0.717) is 12.0 Å². The third-order valence-corrected chi connectivity index (χ3v) is 3.97. The fourth-order valence-corrected chi connectivity index (χ4v) is 2.81. The Labute approximate surface area is 123 Å². The second kappa shape index (κ2) is 10.00. The number of aliphatic hydroxyl groups excluding tert-OH is 1. The quantitative estimate of drug-likeness (QED) is 0.341. The van der Waals surface area contributed by atoms with Crippen LogP contribution in [0.5, 0.6) is 0 Å². The van der Waals surface area contributed by atoms with Gasteiger partial charge in [0.15, 0.2) is 5.96 Å². The first kappa shape index (κ1) is 17.2. The van der Waals surface area contributed by atoms with E-state index >= 15 is 0 Å². The Kier molecular flexibility index (Phi) is 8.62. The number of nitrogens with one attached hydrogen (secondary N) is 2. The number of nitrogens with zero attached hydrogens (tertiary/aromatic N) is 1. The lowest BCUT2D eigenvalue weighted by molar-refractivity contribution is 0.107. The largest absolute Gasteiger partial charge is 0.395 e. The van der Waals surface area contributed by atoms with Gasteiger partial charge in [-0.3, -0.25) is 4.99 Å². The highest BCUT2D eigenvalue weighted by molar-refractivity contribution is 5.79. The van der Waals surface area contributed by atoms with Crippen LogP contribution in [0.15, 0.2) is 4.99 Å². The van der Waals surface area contributed by atoms with E-state index in [1.54, 1.807) is 0 Å². The molecule has 5 nitrogen and oxygen atoms in total. The van der Waals surface area contributed by atoms with Gasteiger partial charge in [-0.2, -0.15) is 0 Å². The van der Waals surface area contributed by atoms with Crippen molar-refractivity contribution < 1.29 is 9.84 Å². The highest BCUT2D eigenvalue weighted by Gasteiger charge is 2.33. The van der Waals surface area contributed by atoms with E-state index < -0.39 is 0 Å². The number of ether oxygens (including phenoxy) is 1. The average Bonchev–Trinajstić information content (AvgIpc) is 2.91. The molecule has 0 bridgehead atoms. The summed E-state index contributed by atoms with van der Waals surface area (Å²) in [5.41, 5.74) is 0.316. The number of hydrogen-bond donors (Lipinski definition) is 3. The Morgan fingerprint density at radius 3 is 2.60 bits per heavy atom. The lowest BCUT2D eigenvalue weighted by atomic mass is 9.83. The summed E-state index contributed by atoms with van der Waals surface area (Å²) in [6.07, 6.45) is 6.22. The molecule has 0 amide bonds. The van der Waals surface area contributed by atoms with Gasteiger partial charge in [-0.1, -0.05) is 12.8 Å². The van der Waals surface area contributed by atoms with Gasteiger partial charge in [0.05, 0.1) is 6.61 Å². The third-order valence-electron chi connectivity index (χ3n) is 3.97. The highest BCUT2D eigenvalue weighted by Crippen LogP contribution is 2.41. The van der Waals surface area contributed by atoms with Crippen LogP contribution in [-0.4, -0.2) is 50.5 Å². The van der Waals surface area contributed by atoms with Crippen LogP contribution in [0, 0.1) is 5.41 Å². The molecule has 0 saturated heterocycles. The van der Waals surface area contributed by atoms with E-state index in [0.717, 1.165) is 38.7 Å². The number of rotatable bonds is 9. The van der Waals surface area contributed by atoms with Crippen molar-refractivity contribution >= 4 is 5.96 Å². The maximum atomic E-state index is 8.90. The maximum Gasteiger partial charge on any atom is 0.191 e. The molecule has 1 aliphatic carbocycles. The Morgan fingerprint density at radius 1 is 1.25 bits per heavy atom.